The Morgan fingerprint density at radius 1 is 0.783 bits per heavy atom. The first-order chi connectivity index (χ1) is 11.2. The summed E-state index contributed by atoms with van der Waals surface area (Å²) < 4.78 is 0. The van der Waals surface area contributed by atoms with Gasteiger partial charge in [0.2, 0.25) is 0 Å². The van der Waals surface area contributed by atoms with Crippen molar-refractivity contribution in [1.29, 1.82) is 0 Å². The molecule has 0 amide bonds. The maximum atomic E-state index is 10.6. The number of carbonyl (C=O) groups is 1. The van der Waals surface area contributed by atoms with E-state index < -0.39 is 5.97 Å². The number of aromatic carboxylic acids is 1. The smallest absolute Gasteiger partial charge is 0.337 e. The van der Waals surface area contributed by atoms with Crippen molar-refractivity contribution in [3.8, 4) is 0 Å². The molecule has 0 aliphatic carbocycles. The Bertz CT molecular complexity index is 902. The Balaban J connectivity index is 0.000000140. The van der Waals surface area contributed by atoms with Gasteiger partial charge in [0.15, 0.2) is 0 Å². The number of aromatic nitrogens is 2. The van der Waals surface area contributed by atoms with E-state index in [1.165, 1.54) is 11.6 Å². The summed E-state index contributed by atoms with van der Waals surface area (Å²) >= 11 is 0. The van der Waals surface area contributed by atoms with Crippen molar-refractivity contribution in [3.63, 3.8) is 0 Å². The highest BCUT2D eigenvalue weighted by atomic mass is 16.4. The molecule has 0 unspecified atom stereocenters. The van der Waals surface area contributed by atoms with Gasteiger partial charge in [-0.25, -0.2) is 4.79 Å². The summed E-state index contributed by atoms with van der Waals surface area (Å²) in [7, 11) is 0. The van der Waals surface area contributed by atoms with Crippen LogP contribution in [0.5, 0.6) is 0 Å². The summed E-state index contributed by atoms with van der Waals surface area (Å²) in [6.45, 7) is 0. The van der Waals surface area contributed by atoms with Crippen LogP contribution in [0.2, 0.25) is 0 Å². The van der Waals surface area contributed by atoms with Crippen LogP contribution < -0.4 is 0 Å². The fraction of sp³-hybridized carbons (Fsp3) is 0. The van der Waals surface area contributed by atoms with E-state index in [0.717, 1.165) is 16.4 Å². The third kappa shape index (κ3) is 3.49. The van der Waals surface area contributed by atoms with Gasteiger partial charge in [-0.1, -0.05) is 42.5 Å². The van der Waals surface area contributed by atoms with Gasteiger partial charge in [-0.2, -0.15) is 0 Å². The lowest BCUT2D eigenvalue weighted by atomic mass is 10.2. The molecule has 0 radical (unpaired) electrons. The molecule has 2 heterocycles. The molecule has 4 heteroatoms. The van der Waals surface area contributed by atoms with E-state index in [9.17, 15) is 4.79 Å². The zero-order valence-corrected chi connectivity index (χ0v) is 12.3. The highest BCUT2D eigenvalue weighted by Crippen LogP contribution is 2.12. The summed E-state index contributed by atoms with van der Waals surface area (Å²) in [6.07, 6.45) is 3.17. The van der Waals surface area contributed by atoms with Crippen LogP contribution in [0.25, 0.3) is 21.8 Å². The van der Waals surface area contributed by atoms with Gasteiger partial charge >= 0.3 is 5.97 Å². The minimum Gasteiger partial charge on any atom is -0.478 e. The quantitative estimate of drug-likeness (QED) is 0.573. The molecule has 112 valence electrons. The van der Waals surface area contributed by atoms with Crippen molar-refractivity contribution < 1.29 is 9.90 Å². The first kappa shape index (κ1) is 14.7. The van der Waals surface area contributed by atoms with Gasteiger partial charge in [0, 0.05) is 23.2 Å². The lowest BCUT2D eigenvalue weighted by Gasteiger charge is -1.97. The number of carboxylic acid groups (broad SMARTS) is 1. The normalized spacial score (nSPS) is 10.1. The molecular formula is C19H14N2O2. The zero-order valence-electron chi connectivity index (χ0n) is 12.3. The topological polar surface area (TPSA) is 63.1 Å². The van der Waals surface area contributed by atoms with E-state index in [2.05, 4.69) is 22.1 Å². The van der Waals surface area contributed by atoms with Crippen molar-refractivity contribution in [2.24, 2.45) is 0 Å². The van der Waals surface area contributed by atoms with Gasteiger partial charge in [0.05, 0.1) is 16.6 Å². The largest absolute Gasteiger partial charge is 0.478 e. The Kier molecular flexibility index (Phi) is 4.25. The number of benzene rings is 2. The predicted octanol–water partition coefficient (Wildman–Crippen LogP) is 4.17. The molecule has 2 aromatic carbocycles. The lowest BCUT2D eigenvalue weighted by molar-refractivity contribution is 0.0696. The molecule has 0 saturated carbocycles. The molecule has 0 fully saturated rings. The molecule has 4 rings (SSSR count). The molecule has 0 bridgehead atoms. The highest BCUT2D eigenvalue weighted by Gasteiger charge is 2.03. The average Bonchev–Trinajstić information content (AvgIpc) is 2.62. The average molecular weight is 302 g/mol. The Labute approximate surface area is 133 Å². The second-order valence-electron chi connectivity index (χ2n) is 4.92. The summed E-state index contributed by atoms with van der Waals surface area (Å²) in [4.78, 5) is 18.8. The molecule has 0 aliphatic heterocycles. The number of hydrogen-bond acceptors (Lipinski definition) is 3. The van der Waals surface area contributed by atoms with Gasteiger partial charge in [-0.05, 0) is 24.3 Å². The van der Waals surface area contributed by atoms with Crippen molar-refractivity contribution >= 4 is 27.8 Å². The zero-order chi connectivity index (χ0) is 16.1. The van der Waals surface area contributed by atoms with Crippen molar-refractivity contribution in [2.45, 2.75) is 0 Å². The molecule has 1 N–H and O–H groups in total. The summed E-state index contributed by atoms with van der Waals surface area (Å²) in [5, 5.41) is 10.8. The number of rotatable bonds is 1. The fourth-order valence-electron chi connectivity index (χ4n) is 2.20. The number of fused-ring (bicyclic) bond motifs is 2. The summed E-state index contributed by atoms with van der Waals surface area (Å²) in [6, 6.07) is 21.1. The fourth-order valence-corrected chi connectivity index (χ4v) is 2.20. The molecule has 0 aliphatic rings. The SMILES string of the molecule is O=C(O)c1cnc2ccccc2c1.c1ccc2ncccc2c1. The van der Waals surface area contributed by atoms with Gasteiger partial charge in [0.1, 0.15) is 0 Å². The molecule has 2 aromatic heterocycles. The van der Waals surface area contributed by atoms with Crippen LogP contribution in [-0.4, -0.2) is 21.0 Å². The van der Waals surface area contributed by atoms with Gasteiger partial charge in [0.25, 0.3) is 0 Å². The molecular weight excluding hydrogens is 288 g/mol. The first-order valence-electron chi connectivity index (χ1n) is 7.12. The Hall–Kier alpha value is -3.27. The van der Waals surface area contributed by atoms with Crippen LogP contribution in [-0.2, 0) is 0 Å². The molecule has 0 saturated heterocycles. The maximum Gasteiger partial charge on any atom is 0.337 e. The van der Waals surface area contributed by atoms with Crippen molar-refractivity contribution in [1.82, 2.24) is 9.97 Å². The third-order valence-corrected chi connectivity index (χ3v) is 3.35. The molecule has 4 aromatic rings. The number of pyridine rings is 2. The van der Waals surface area contributed by atoms with Crippen LogP contribution >= 0.6 is 0 Å². The molecule has 0 atom stereocenters. The van der Waals surface area contributed by atoms with Gasteiger partial charge < -0.3 is 5.11 Å². The molecule has 0 spiro atoms. The van der Waals surface area contributed by atoms with Crippen LogP contribution in [0.1, 0.15) is 10.4 Å². The highest BCUT2D eigenvalue weighted by molar-refractivity contribution is 5.92. The van der Waals surface area contributed by atoms with E-state index in [-0.39, 0.29) is 5.56 Å². The number of carboxylic acids is 1. The minimum absolute atomic E-state index is 0.221. The van der Waals surface area contributed by atoms with Crippen LogP contribution in [0.15, 0.2) is 79.1 Å². The van der Waals surface area contributed by atoms with E-state index in [0.29, 0.717) is 0 Å². The number of hydrogen-bond donors (Lipinski definition) is 1. The molecule has 23 heavy (non-hydrogen) atoms. The Morgan fingerprint density at radius 2 is 1.39 bits per heavy atom. The standard InChI is InChI=1S/C10H7NO2.C9H7N/c12-10(13)8-5-7-3-1-2-4-9(7)11-6-8;1-2-6-9-8(4-1)5-3-7-10-9/h1-6H,(H,12,13);1-7H. The van der Waals surface area contributed by atoms with E-state index in [4.69, 9.17) is 5.11 Å². The summed E-state index contributed by atoms with van der Waals surface area (Å²) in [5.41, 5.74) is 2.09. The van der Waals surface area contributed by atoms with Crippen molar-refractivity contribution in [3.05, 3.63) is 84.7 Å². The monoisotopic (exact) mass is 302 g/mol. The van der Waals surface area contributed by atoms with Crippen LogP contribution in [0.4, 0.5) is 0 Å². The Morgan fingerprint density at radius 3 is 2.09 bits per heavy atom. The van der Waals surface area contributed by atoms with Crippen LogP contribution in [0.3, 0.4) is 0 Å². The minimum atomic E-state index is -0.946. The van der Waals surface area contributed by atoms with E-state index >= 15 is 0 Å². The second-order valence-corrected chi connectivity index (χ2v) is 4.92. The third-order valence-electron chi connectivity index (χ3n) is 3.35. The van der Waals surface area contributed by atoms with Crippen LogP contribution in [0, 0.1) is 0 Å². The van der Waals surface area contributed by atoms with E-state index in [1.807, 2.05) is 54.7 Å². The maximum absolute atomic E-state index is 10.6. The second kappa shape index (κ2) is 6.66. The summed E-state index contributed by atoms with van der Waals surface area (Å²) in [5.74, 6) is -0.946. The first-order valence-corrected chi connectivity index (χ1v) is 7.12. The number of para-hydroxylation sites is 2. The predicted molar refractivity (Wildman–Crippen MR) is 90.4 cm³/mol. The molecule has 4 nitrogen and oxygen atoms in total. The lowest BCUT2D eigenvalue weighted by Crippen LogP contribution is -1.96. The van der Waals surface area contributed by atoms with Gasteiger partial charge in [-0.3, -0.25) is 9.97 Å². The van der Waals surface area contributed by atoms with E-state index in [1.54, 1.807) is 6.07 Å². The van der Waals surface area contributed by atoms with Crippen molar-refractivity contribution in [2.75, 3.05) is 0 Å². The number of nitrogens with zero attached hydrogens (tertiary/aromatic N) is 2. The van der Waals surface area contributed by atoms with Gasteiger partial charge in [-0.15, -0.1) is 0 Å².